The maximum Gasteiger partial charge on any atom is 0.318 e. The second kappa shape index (κ2) is 5.55. The zero-order valence-electron chi connectivity index (χ0n) is 10.7. The van der Waals surface area contributed by atoms with Crippen LogP contribution in [-0.2, 0) is 11.2 Å². The van der Waals surface area contributed by atoms with Gasteiger partial charge in [0.1, 0.15) is 18.1 Å². The summed E-state index contributed by atoms with van der Waals surface area (Å²) in [7, 11) is 0. The second-order valence-electron chi connectivity index (χ2n) is 4.69. The standard InChI is InChI=1S/C16H13ClO3/c17-13-5-7-14(8-6-13)20-16(18)12-9-11-3-1-2-4-15(11)19-10-12/h1-8,12H,9-10H2. The second-order valence-corrected chi connectivity index (χ2v) is 5.13. The molecule has 1 atom stereocenters. The van der Waals surface area contributed by atoms with Gasteiger partial charge in [0, 0.05) is 5.02 Å². The third-order valence-electron chi connectivity index (χ3n) is 3.24. The number of esters is 1. The molecule has 0 spiro atoms. The fourth-order valence-corrected chi connectivity index (χ4v) is 2.31. The number of benzene rings is 2. The largest absolute Gasteiger partial charge is 0.492 e. The molecule has 0 fully saturated rings. The molecule has 0 bridgehead atoms. The first-order chi connectivity index (χ1) is 9.72. The van der Waals surface area contributed by atoms with E-state index >= 15 is 0 Å². The summed E-state index contributed by atoms with van der Waals surface area (Å²) in [5, 5.41) is 0.611. The maximum atomic E-state index is 12.1. The molecule has 1 aliphatic rings. The SMILES string of the molecule is O=C(Oc1ccc(Cl)cc1)C1COc2ccccc2C1. The number of carbonyl (C=O) groups is 1. The van der Waals surface area contributed by atoms with Crippen molar-refractivity contribution in [3.63, 3.8) is 0 Å². The van der Waals surface area contributed by atoms with Crippen LogP contribution in [0.15, 0.2) is 48.5 Å². The first-order valence-corrected chi connectivity index (χ1v) is 6.78. The van der Waals surface area contributed by atoms with E-state index in [9.17, 15) is 4.79 Å². The van der Waals surface area contributed by atoms with Crippen molar-refractivity contribution >= 4 is 17.6 Å². The van der Waals surface area contributed by atoms with E-state index in [1.165, 1.54) is 0 Å². The quantitative estimate of drug-likeness (QED) is 0.627. The molecular weight excluding hydrogens is 276 g/mol. The van der Waals surface area contributed by atoms with Crippen LogP contribution in [0, 0.1) is 5.92 Å². The van der Waals surface area contributed by atoms with Gasteiger partial charge in [-0.2, -0.15) is 0 Å². The van der Waals surface area contributed by atoms with E-state index in [2.05, 4.69) is 0 Å². The van der Waals surface area contributed by atoms with Crippen LogP contribution in [0.5, 0.6) is 11.5 Å². The van der Waals surface area contributed by atoms with E-state index in [1.54, 1.807) is 24.3 Å². The van der Waals surface area contributed by atoms with E-state index < -0.39 is 0 Å². The van der Waals surface area contributed by atoms with E-state index in [0.717, 1.165) is 11.3 Å². The van der Waals surface area contributed by atoms with Gasteiger partial charge in [0.2, 0.25) is 0 Å². The predicted octanol–water partition coefficient (Wildman–Crippen LogP) is 3.50. The molecule has 1 unspecified atom stereocenters. The third kappa shape index (κ3) is 2.78. The summed E-state index contributed by atoms with van der Waals surface area (Å²) in [6, 6.07) is 14.5. The van der Waals surface area contributed by atoms with Crippen molar-refractivity contribution in [2.24, 2.45) is 5.92 Å². The average molecular weight is 289 g/mol. The molecule has 3 nitrogen and oxygen atoms in total. The average Bonchev–Trinajstić information content (AvgIpc) is 2.49. The van der Waals surface area contributed by atoms with Gasteiger partial charge in [-0.25, -0.2) is 0 Å². The Morgan fingerprint density at radius 2 is 1.90 bits per heavy atom. The van der Waals surface area contributed by atoms with Gasteiger partial charge in [0.05, 0.1) is 5.92 Å². The van der Waals surface area contributed by atoms with Crippen molar-refractivity contribution in [1.82, 2.24) is 0 Å². The van der Waals surface area contributed by atoms with Gasteiger partial charge in [-0.05, 0) is 42.3 Å². The minimum atomic E-state index is -0.277. The molecule has 0 aliphatic carbocycles. The van der Waals surface area contributed by atoms with Gasteiger partial charge in [-0.1, -0.05) is 29.8 Å². The van der Waals surface area contributed by atoms with Crippen molar-refractivity contribution < 1.29 is 14.3 Å². The Morgan fingerprint density at radius 1 is 1.15 bits per heavy atom. The summed E-state index contributed by atoms with van der Waals surface area (Å²) in [5.41, 5.74) is 1.04. The van der Waals surface area contributed by atoms with E-state index in [0.29, 0.717) is 23.8 Å². The highest BCUT2D eigenvalue weighted by Crippen LogP contribution is 2.27. The van der Waals surface area contributed by atoms with Crippen molar-refractivity contribution in [3.05, 3.63) is 59.1 Å². The molecule has 0 saturated carbocycles. The number of para-hydroxylation sites is 1. The van der Waals surface area contributed by atoms with Crippen LogP contribution in [0.1, 0.15) is 5.56 Å². The molecule has 0 radical (unpaired) electrons. The third-order valence-corrected chi connectivity index (χ3v) is 3.50. The van der Waals surface area contributed by atoms with Crippen LogP contribution in [0.3, 0.4) is 0 Å². The fourth-order valence-electron chi connectivity index (χ4n) is 2.18. The van der Waals surface area contributed by atoms with Crippen LogP contribution in [0.4, 0.5) is 0 Å². The Labute approximate surface area is 122 Å². The van der Waals surface area contributed by atoms with Crippen molar-refractivity contribution in [2.75, 3.05) is 6.61 Å². The summed E-state index contributed by atoms with van der Waals surface area (Å²) >= 11 is 5.79. The highest BCUT2D eigenvalue weighted by molar-refractivity contribution is 6.30. The van der Waals surface area contributed by atoms with Gasteiger partial charge in [-0.15, -0.1) is 0 Å². The molecule has 1 heterocycles. The lowest BCUT2D eigenvalue weighted by atomic mass is 9.97. The summed E-state index contributed by atoms with van der Waals surface area (Å²) in [4.78, 5) is 12.1. The zero-order valence-corrected chi connectivity index (χ0v) is 11.5. The Hall–Kier alpha value is -2.00. The number of carbonyl (C=O) groups excluding carboxylic acids is 1. The molecule has 3 rings (SSSR count). The lowest BCUT2D eigenvalue weighted by molar-refractivity contribution is -0.140. The molecule has 0 aromatic heterocycles. The Bertz CT molecular complexity index is 622. The zero-order chi connectivity index (χ0) is 13.9. The minimum Gasteiger partial charge on any atom is -0.492 e. The van der Waals surface area contributed by atoms with Crippen molar-refractivity contribution in [2.45, 2.75) is 6.42 Å². The molecule has 0 N–H and O–H groups in total. The van der Waals surface area contributed by atoms with Gasteiger partial charge in [-0.3, -0.25) is 4.79 Å². The van der Waals surface area contributed by atoms with Gasteiger partial charge >= 0.3 is 5.97 Å². The minimum absolute atomic E-state index is 0.276. The van der Waals surface area contributed by atoms with Crippen molar-refractivity contribution in [3.8, 4) is 11.5 Å². The highest BCUT2D eigenvalue weighted by Gasteiger charge is 2.27. The summed E-state index contributed by atoms with van der Waals surface area (Å²) in [6.45, 7) is 0.351. The number of halogens is 1. The first-order valence-electron chi connectivity index (χ1n) is 6.40. The smallest absolute Gasteiger partial charge is 0.318 e. The van der Waals surface area contributed by atoms with E-state index in [4.69, 9.17) is 21.1 Å². The Kier molecular flexibility index (Phi) is 3.61. The number of fused-ring (bicyclic) bond motifs is 1. The van der Waals surface area contributed by atoms with Crippen molar-refractivity contribution in [1.29, 1.82) is 0 Å². The maximum absolute atomic E-state index is 12.1. The summed E-state index contributed by atoms with van der Waals surface area (Å²) < 4.78 is 10.9. The molecule has 0 saturated heterocycles. The van der Waals surface area contributed by atoms with Crippen LogP contribution < -0.4 is 9.47 Å². The summed E-state index contributed by atoms with van der Waals surface area (Å²) in [5.74, 6) is 0.795. The molecule has 2 aromatic rings. The van der Waals surface area contributed by atoms with Gasteiger partial charge in [0.15, 0.2) is 0 Å². The van der Waals surface area contributed by atoms with Crippen LogP contribution in [0.2, 0.25) is 5.02 Å². The molecule has 20 heavy (non-hydrogen) atoms. The lowest BCUT2D eigenvalue weighted by Crippen LogP contribution is -2.31. The predicted molar refractivity (Wildman–Crippen MR) is 76.2 cm³/mol. The normalized spacial score (nSPS) is 16.9. The molecule has 0 amide bonds. The highest BCUT2D eigenvalue weighted by atomic mass is 35.5. The molecule has 102 valence electrons. The first kappa shape index (κ1) is 13.0. The topological polar surface area (TPSA) is 35.5 Å². The van der Waals surface area contributed by atoms with Crippen LogP contribution in [0.25, 0.3) is 0 Å². The molecular formula is C16H13ClO3. The number of ether oxygens (including phenoxy) is 2. The number of rotatable bonds is 2. The van der Waals surface area contributed by atoms with Crippen LogP contribution >= 0.6 is 11.6 Å². The molecule has 4 heteroatoms. The summed E-state index contributed by atoms with van der Waals surface area (Å²) in [6.07, 6.45) is 0.641. The molecule has 2 aromatic carbocycles. The fraction of sp³-hybridized carbons (Fsp3) is 0.188. The number of hydrogen-bond donors (Lipinski definition) is 0. The lowest BCUT2D eigenvalue weighted by Gasteiger charge is -2.23. The Morgan fingerprint density at radius 3 is 2.70 bits per heavy atom. The number of hydrogen-bond acceptors (Lipinski definition) is 3. The van der Waals surface area contributed by atoms with Crippen LogP contribution in [-0.4, -0.2) is 12.6 Å². The van der Waals surface area contributed by atoms with E-state index in [1.807, 2.05) is 24.3 Å². The van der Waals surface area contributed by atoms with Gasteiger partial charge in [0.25, 0.3) is 0 Å². The molecule has 1 aliphatic heterocycles. The monoisotopic (exact) mass is 288 g/mol. The Balaban J connectivity index is 1.68. The van der Waals surface area contributed by atoms with Gasteiger partial charge < -0.3 is 9.47 Å². The van der Waals surface area contributed by atoms with E-state index in [-0.39, 0.29) is 11.9 Å².